The molecule has 0 aromatic carbocycles. The van der Waals surface area contributed by atoms with Gasteiger partial charge in [-0.2, -0.15) is 13.2 Å². The van der Waals surface area contributed by atoms with Crippen molar-refractivity contribution < 1.29 is 27.9 Å². The van der Waals surface area contributed by atoms with E-state index >= 15 is 0 Å². The third-order valence-electron chi connectivity index (χ3n) is 3.94. The molecule has 0 bridgehead atoms. The number of hydrogen-bond donors (Lipinski definition) is 1. The number of aromatic nitrogens is 1. The molecule has 1 aromatic heterocycles. The maximum atomic E-state index is 12.9. The molecule has 1 amide bonds. The number of aryl methyl sites for hydroxylation is 1. The van der Waals surface area contributed by atoms with Crippen LogP contribution in [0.3, 0.4) is 0 Å². The van der Waals surface area contributed by atoms with Crippen LogP contribution in [0.5, 0.6) is 0 Å². The van der Waals surface area contributed by atoms with E-state index in [2.05, 4.69) is 0 Å². The van der Waals surface area contributed by atoms with Crippen LogP contribution in [0, 0.1) is 18.8 Å². The number of hydrogen-bond acceptors (Lipinski definition) is 2. The van der Waals surface area contributed by atoms with Gasteiger partial charge in [0.05, 0.1) is 11.8 Å². The minimum absolute atomic E-state index is 0.250. The Hall–Kier alpha value is -1.99. The first-order chi connectivity index (χ1) is 9.62. The van der Waals surface area contributed by atoms with Crippen LogP contribution in [0.4, 0.5) is 13.2 Å². The van der Waals surface area contributed by atoms with E-state index in [4.69, 9.17) is 5.11 Å². The molecule has 8 heteroatoms. The first-order valence-electron chi connectivity index (χ1n) is 6.34. The number of likely N-dealkylation sites (tertiary alicyclic amines) is 1. The molecule has 0 unspecified atom stereocenters. The zero-order valence-corrected chi connectivity index (χ0v) is 11.5. The predicted molar refractivity (Wildman–Crippen MR) is 66.7 cm³/mol. The number of carbonyl (C=O) groups excluding carboxylic acids is 1. The molecule has 2 atom stereocenters. The van der Waals surface area contributed by atoms with Gasteiger partial charge in [0, 0.05) is 25.8 Å². The Kier molecular flexibility index (Phi) is 3.73. The Balaban J connectivity index is 2.25. The van der Waals surface area contributed by atoms with Crippen molar-refractivity contribution in [1.29, 1.82) is 0 Å². The molecule has 1 aliphatic heterocycles. The highest BCUT2D eigenvalue weighted by Gasteiger charge is 2.53. The van der Waals surface area contributed by atoms with Crippen LogP contribution >= 0.6 is 0 Å². The standard InChI is InChI=1S/C13H15F3N2O3/c1-7-3-4-10(17(7)2)11(19)18-5-8(12(20)21)9(6-18)13(14,15)16/h3-4,8-9H,5-6H2,1-2H3,(H,20,21)/t8-,9-/m1/s1. The summed E-state index contributed by atoms with van der Waals surface area (Å²) in [5.74, 6) is -5.75. The number of rotatable bonds is 2. The first kappa shape index (κ1) is 15.4. The Morgan fingerprint density at radius 2 is 1.90 bits per heavy atom. The minimum Gasteiger partial charge on any atom is -0.481 e. The molecule has 5 nitrogen and oxygen atoms in total. The van der Waals surface area contributed by atoms with Crippen LogP contribution in [0.1, 0.15) is 16.2 Å². The van der Waals surface area contributed by atoms with E-state index in [1.165, 1.54) is 6.07 Å². The summed E-state index contributed by atoms with van der Waals surface area (Å²) in [6.45, 7) is 0.714. The van der Waals surface area contributed by atoms with Gasteiger partial charge in [0.1, 0.15) is 5.69 Å². The topological polar surface area (TPSA) is 62.5 Å². The highest BCUT2D eigenvalue weighted by molar-refractivity contribution is 5.93. The predicted octanol–water partition coefficient (Wildman–Crippen LogP) is 1.67. The van der Waals surface area contributed by atoms with E-state index in [-0.39, 0.29) is 5.69 Å². The lowest BCUT2D eigenvalue weighted by Crippen LogP contribution is -2.34. The van der Waals surface area contributed by atoms with Gasteiger partial charge < -0.3 is 14.6 Å². The number of alkyl halides is 3. The molecule has 21 heavy (non-hydrogen) atoms. The maximum absolute atomic E-state index is 12.9. The van der Waals surface area contributed by atoms with Crippen LogP contribution in [0.15, 0.2) is 12.1 Å². The van der Waals surface area contributed by atoms with E-state index in [1.54, 1.807) is 24.6 Å². The lowest BCUT2D eigenvalue weighted by Gasteiger charge is -2.18. The molecule has 1 aliphatic rings. The summed E-state index contributed by atoms with van der Waals surface area (Å²) in [5, 5.41) is 8.93. The molecule has 1 aromatic rings. The Morgan fingerprint density at radius 3 is 2.29 bits per heavy atom. The van der Waals surface area contributed by atoms with Crippen molar-refractivity contribution >= 4 is 11.9 Å². The van der Waals surface area contributed by atoms with Gasteiger partial charge in [0.25, 0.3) is 5.91 Å². The summed E-state index contributed by atoms with van der Waals surface area (Å²) in [7, 11) is 1.63. The molecule has 1 N–H and O–H groups in total. The average molecular weight is 304 g/mol. The summed E-state index contributed by atoms with van der Waals surface area (Å²) in [4.78, 5) is 24.2. The van der Waals surface area contributed by atoms with Gasteiger partial charge in [-0.15, -0.1) is 0 Å². The fourth-order valence-electron chi connectivity index (χ4n) is 2.54. The number of halogens is 3. The quantitative estimate of drug-likeness (QED) is 0.904. The second-order valence-corrected chi connectivity index (χ2v) is 5.22. The second-order valence-electron chi connectivity index (χ2n) is 5.22. The zero-order valence-electron chi connectivity index (χ0n) is 11.5. The largest absolute Gasteiger partial charge is 0.481 e. The summed E-state index contributed by atoms with van der Waals surface area (Å²) in [6.07, 6.45) is -4.64. The van der Waals surface area contributed by atoms with Gasteiger partial charge in [0.2, 0.25) is 0 Å². The van der Waals surface area contributed by atoms with Gasteiger partial charge in [-0.25, -0.2) is 0 Å². The van der Waals surface area contributed by atoms with Crippen LogP contribution in [0.2, 0.25) is 0 Å². The molecule has 1 saturated heterocycles. The Bertz CT molecular complexity index is 580. The highest BCUT2D eigenvalue weighted by atomic mass is 19.4. The molecule has 0 spiro atoms. The average Bonchev–Trinajstić information content (AvgIpc) is 2.94. The number of carbonyl (C=O) groups is 2. The van der Waals surface area contributed by atoms with Gasteiger partial charge in [0.15, 0.2) is 0 Å². The highest BCUT2D eigenvalue weighted by Crippen LogP contribution is 2.38. The number of carboxylic acids is 1. The number of aliphatic carboxylic acids is 1. The van der Waals surface area contributed by atoms with Gasteiger partial charge >= 0.3 is 12.1 Å². The molecule has 116 valence electrons. The second kappa shape index (κ2) is 5.09. The first-order valence-corrected chi connectivity index (χ1v) is 6.34. The molecule has 0 radical (unpaired) electrons. The van der Waals surface area contributed by atoms with Gasteiger partial charge in [-0.05, 0) is 19.1 Å². The summed E-state index contributed by atoms with van der Waals surface area (Å²) in [5.41, 5.74) is 1.04. The number of amides is 1. The van der Waals surface area contributed by atoms with Crippen molar-refractivity contribution in [3.63, 3.8) is 0 Å². The Morgan fingerprint density at radius 1 is 1.29 bits per heavy atom. The SMILES string of the molecule is Cc1ccc(C(=O)N2C[C@@H](C(F)(F)F)[C@H](C(=O)O)C2)n1C. The van der Waals surface area contributed by atoms with Crippen molar-refractivity contribution in [1.82, 2.24) is 9.47 Å². The van der Waals surface area contributed by atoms with Crippen LogP contribution in [0.25, 0.3) is 0 Å². The minimum atomic E-state index is -4.64. The van der Waals surface area contributed by atoms with Crippen molar-refractivity contribution in [2.45, 2.75) is 13.1 Å². The van der Waals surface area contributed by atoms with Crippen molar-refractivity contribution in [3.05, 3.63) is 23.5 Å². The molecular formula is C13H15F3N2O3. The van der Waals surface area contributed by atoms with Gasteiger partial charge in [-0.3, -0.25) is 9.59 Å². The number of nitrogens with zero attached hydrogens (tertiary/aromatic N) is 2. The zero-order chi connectivity index (χ0) is 15.9. The molecule has 2 rings (SSSR count). The van der Waals surface area contributed by atoms with Crippen molar-refractivity contribution in [2.24, 2.45) is 18.9 Å². The van der Waals surface area contributed by atoms with Crippen LogP contribution in [-0.2, 0) is 11.8 Å². The third-order valence-corrected chi connectivity index (χ3v) is 3.94. The number of carboxylic acid groups (broad SMARTS) is 1. The summed E-state index contributed by atoms with van der Waals surface area (Å²) >= 11 is 0. The van der Waals surface area contributed by atoms with E-state index in [0.29, 0.717) is 0 Å². The van der Waals surface area contributed by atoms with Gasteiger partial charge in [-0.1, -0.05) is 0 Å². The third kappa shape index (κ3) is 2.74. The smallest absolute Gasteiger partial charge is 0.394 e. The maximum Gasteiger partial charge on any atom is 0.394 e. The summed E-state index contributed by atoms with van der Waals surface area (Å²) < 4.78 is 40.2. The van der Waals surface area contributed by atoms with E-state index in [1.807, 2.05) is 0 Å². The molecule has 2 heterocycles. The normalized spacial score (nSPS) is 22.6. The lowest BCUT2D eigenvalue weighted by atomic mass is 9.96. The fourth-order valence-corrected chi connectivity index (χ4v) is 2.54. The van der Waals surface area contributed by atoms with Crippen LogP contribution in [-0.4, -0.2) is 45.7 Å². The Labute approximate surface area is 119 Å². The van der Waals surface area contributed by atoms with Crippen LogP contribution < -0.4 is 0 Å². The lowest BCUT2D eigenvalue weighted by molar-refractivity contribution is -0.187. The molecule has 0 aliphatic carbocycles. The summed E-state index contributed by atoms with van der Waals surface area (Å²) in [6, 6.07) is 3.20. The van der Waals surface area contributed by atoms with E-state index in [0.717, 1.165) is 10.6 Å². The van der Waals surface area contributed by atoms with E-state index in [9.17, 15) is 22.8 Å². The molecule has 1 fully saturated rings. The monoisotopic (exact) mass is 304 g/mol. The fraction of sp³-hybridized carbons (Fsp3) is 0.538. The van der Waals surface area contributed by atoms with Crippen molar-refractivity contribution in [2.75, 3.05) is 13.1 Å². The van der Waals surface area contributed by atoms with E-state index < -0.39 is 43.0 Å². The molecule has 0 saturated carbocycles. The molecular weight excluding hydrogens is 289 g/mol. The van der Waals surface area contributed by atoms with Crippen molar-refractivity contribution in [3.8, 4) is 0 Å².